The van der Waals surface area contributed by atoms with Crippen molar-refractivity contribution in [1.82, 2.24) is 15.5 Å². The van der Waals surface area contributed by atoms with E-state index < -0.39 is 6.04 Å². The molecule has 2 fully saturated rings. The van der Waals surface area contributed by atoms with Crippen LogP contribution in [-0.2, 0) is 22.5 Å². The molecule has 2 atom stereocenters. The molecule has 2 N–H and O–H groups in total. The van der Waals surface area contributed by atoms with Gasteiger partial charge in [-0.2, -0.15) is 5.26 Å². The van der Waals surface area contributed by atoms with Gasteiger partial charge in [-0.1, -0.05) is 48.9 Å². The molecule has 168 valence electrons. The van der Waals surface area contributed by atoms with Crippen LogP contribution in [0.4, 0.5) is 0 Å². The van der Waals surface area contributed by atoms with Gasteiger partial charge in [-0.3, -0.25) is 9.69 Å². The van der Waals surface area contributed by atoms with Crippen molar-refractivity contribution >= 4 is 5.91 Å². The number of hydrogen-bond donors (Lipinski definition) is 2. The second-order valence-corrected chi connectivity index (χ2v) is 8.68. The zero-order valence-electron chi connectivity index (χ0n) is 18.6. The third-order valence-corrected chi connectivity index (χ3v) is 6.26. The average Bonchev–Trinajstić information content (AvgIpc) is 2.85. The van der Waals surface area contributed by atoms with E-state index in [1.165, 1.54) is 11.1 Å². The first-order valence-electron chi connectivity index (χ1n) is 11.6. The Bertz CT molecular complexity index is 926. The standard InChI is InChI=1S/C26H32N4O2/c27-18-24(29-26(31)25-6-1-2-11-28-25)17-20-7-9-22(10-8-20)23-5-3-4-21(16-23)19-30-12-14-32-15-13-30/h3-5,7-10,16,24-25,28H,1-2,6,11-15,17,19H2,(H,29,31)/t24-,25-/m0/s1. The summed E-state index contributed by atoms with van der Waals surface area (Å²) in [5, 5.41) is 15.7. The van der Waals surface area contributed by atoms with Gasteiger partial charge in [0.15, 0.2) is 0 Å². The number of nitrogens with zero attached hydrogens (tertiary/aromatic N) is 2. The van der Waals surface area contributed by atoms with Crippen LogP contribution < -0.4 is 10.6 Å². The van der Waals surface area contributed by atoms with Crippen LogP contribution in [0, 0.1) is 11.3 Å². The fourth-order valence-corrected chi connectivity index (χ4v) is 4.41. The summed E-state index contributed by atoms with van der Waals surface area (Å²) in [5.41, 5.74) is 4.69. The third kappa shape index (κ3) is 6.17. The number of benzene rings is 2. The fraction of sp³-hybridized carbons (Fsp3) is 0.462. The maximum absolute atomic E-state index is 12.4. The number of carbonyl (C=O) groups excluding carboxylic acids is 1. The molecule has 2 aromatic carbocycles. The normalized spacial score (nSPS) is 20.3. The molecule has 0 aromatic heterocycles. The Balaban J connectivity index is 1.35. The van der Waals surface area contributed by atoms with E-state index in [9.17, 15) is 10.1 Å². The van der Waals surface area contributed by atoms with Crippen LogP contribution in [-0.4, -0.2) is 55.7 Å². The molecule has 6 nitrogen and oxygen atoms in total. The molecule has 32 heavy (non-hydrogen) atoms. The lowest BCUT2D eigenvalue weighted by Gasteiger charge is -2.26. The number of nitriles is 1. The quantitative estimate of drug-likeness (QED) is 0.704. The van der Waals surface area contributed by atoms with Crippen molar-refractivity contribution in [3.8, 4) is 17.2 Å². The molecule has 0 radical (unpaired) electrons. The van der Waals surface area contributed by atoms with Crippen LogP contribution in [0.5, 0.6) is 0 Å². The van der Waals surface area contributed by atoms with Crippen molar-refractivity contribution in [3.05, 3.63) is 59.7 Å². The molecule has 0 bridgehead atoms. The van der Waals surface area contributed by atoms with Gasteiger partial charge in [0.1, 0.15) is 6.04 Å². The average molecular weight is 433 g/mol. The minimum absolute atomic E-state index is 0.0649. The highest BCUT2D eigenvalue weighted by atomic mass is 16.5. The van der Waals surface area contributed by atoms with Crippen molar-refractivity contribution in [2.45, 2.75) is 44.3 Å². The molecular formula is C26H32N4O2. The Kier molecular flexibility index (Phi) is 7.89. The molecule has 0 saturated carbocycles. The predicted octanol–water partition coefficient (Wildman–Crippen LogP) is 2.88. The van der Waals surface area contributed by atoms with Gasteiger partial charge in [-0.05, 0) is 47.7 Å². The summed E-state index contributed by atoms with van der Waals surface area (Å²) in [7, 11) is 0. The smallest absolute Gasteiger partial charge is 0.238 e. The zero-order valence-corrected chi connectivity index (χ0v) is 18.6. The second-order valence-electron chi connectivity index (χ2n) is 8.68. The SMILES string of the molecule is N#C[C@H](Cc1ccc(-c2cccc(CN3CCOCC3)c2)cc1)NC(=O)[C@@H]1CCCCN1. The molecule has 6 heteroatoms. The lowest BCUT2D eigenvalue weighted by atomic mass is 9.99. The predicted molar refractivity (Wildman–Crippen MR) is 125 cm³/mol. The number of carbonyl (C=O) groups is 1. The van der Waals surface area contributed by atoms with Gasteiger partial charge in [0, 0.05) is 26.1 Å². The van der Waals surface area contributed by atoms with E-state index in [2.05, 4.69) is 70.1 Å². The third-order valence-electron chi connectivity index (χ3n) is 6.26. The molecule has 1 amide bonds. The van der Waals surface area contributed by atoms with E-state index in [1.807, 2.05) is 0 Å². The van der Waals surface area contributed by atoms with Crippen molar-refractivity contribution in [2.75, 3.05) is 32.8 Å². The molecule has 0 aliphatic carbocycles. The van der Waals surface area contributed by atoms with E-state index in [0.717, 1.165) is 69.8 Å². The fourth-order valence-electron chi connectivity index (χ4n) is 4.41. The highest BCUT2D eigenvalue weighted by Crippen LogP contribution is 2.22. The summed E-state index contributed by atoms with van der Waals surface area (Å²) in [6.07, 6.45) is 3.50. The topological polar surface area (TPSA) is 77.4 Å². The lowest BCUT2D eigenvalue weighted by Crippen LogP contribution is -2.49. The van der Waals surface area contributed by atoms with Gasteiger partial charge < -0.3 is 15.4 Å². The van der Waals surface area contributed by atoms with E-state index >= 15 is 0 Å². The van der Waals surface area contributed by atoms with E-state index in [1.54, 1.807) is 0 Å². The van der Waals surface area contributed by atoms with Gasteiger partial charge in [-0.25, -0.2) is 0 Å². The Hall–Kier alpha value is -2.72. The van der Waals surface area contributed by atoms with Crippen molar-refractivity contribution in [2.24, 2.45) is 0 Å². The molecule has 0 unspecified atom stereocenters. The second kappa shape index (κ2) is 11.2. The van der Waals surface area contributed by atoms with Crippen LogP contribution >= 0.6 is 0 Å². The van der Waals surface area contributed by atoms with Crippen LogP contribution in [0.1, 0.15) is 30.4 Å². The first kappa shape index (κ1) is 22.5. The monoisotopic (exact) mass is 432 g/mol. The summed E-state index contributed by atoms with van der Waals surface area (Å²) < 4.78 is 5.44. The van der Waals surface area contributed by atoms with Crippen LogP contribution in [0.2, 0.25) is 0 Å². The van der Waals surface area contributed by atoms with Crippen molar-refractivity contribution in [1.29, 1.82) is 5.26 Å². The highest BCUT2D eigenvalue weighted by molar-refractivity contribution is 5.82. The number of morpholine rings is 1. The maximum Gasteiger partial charge on any atom is 0.238 e. The van der Waals surface area contributed by atoms with Gasteiger partial charge in [0.2, 0.25) is 5.91 Å². The number of piperidine rings is 1. The molecular weight excluding hydrogens is 400 g/mol. The minimum Gasteiger partial charge on any atom is -0.379 e. The summed E-state index contributed by atoms with van der Waals surface area (Å²) in [6.45, 7) is 5.38. The molecule has 2 aromatic rings. The Morgan fingerprint density at radius 3 is 2.66 bits per heavy atom. The first-order valence-corrected chi connectivity index (χ1v) is 11.6. The number of amides is 1. The number of nitrogens with one attached hydrogen (secondary N) is 2. The van der Waals surface area contributed by atoms with Crippen LogP contribution in [0.3, 0.4) is 0 Å². The van der Waals surface area contributed by atoms with Crippen LogP contribution in [0.15, 0.2) is 48.5 Å². The minimum atomic E-state index is -0.520. The Morgan fingerprint density at radius 2 is 1.94 bits per heavy atom. The summed E-state index contributed by atoms with van der Waals surface area (Å²) in [4.78, 5) is 14.9. The zero-order chi connectivity index (χ0) is 22.2. The summed E-state index contributed by atoms with van der Waals surface area (Å²) in [5.74, 6) is -0.0649. The molecule has 4 rings (SSSR count). The Morgan fingerprint density at radius 1 is 1.12 bits per heavy atom. The van der Waals surface area contributed by atoms with Crippen molar-refractivity contribution in [3.63, 3.8) is 0 Å². The molecule has 2 aliphatic heterocycles. The van der Waals surface area contributed by atoms with Crippen molar-refractivity contribution < 1.29 is 9.53 Å². The maximum atomic E-state index is 12.4. The molecule has 2 heterocycles. The molecule has 2 saturated heterocycles. The van der Waals surface area contributed by atoms with Gasteiger partial charge in [0.25, 0.3) is 0 Å². The van der Waals surface area contributed by atoms with E-state index in [-0.39, 0.29) is 11.9 Å². The van der Waals surface area contributed by atoms with Gasteiger partial charge >= 0.3 is 0 Å². The van der Waals surface area contributed by atoms with E-state index in [0.29, 0.717) is 6.42 Å². The number of hydrogen-bond acceptors (Lipinski definition) is 5. The Labute approximate surface area is 190 Å². The largest absolute Gasteiger partial charge is 0.379 e. The van der Waals surface area contributed by atoms with Gasteiger partial charge in [0.05, 0.1) is 25.3 Å². The summed E-state index contributed by atoms with van der Waals surface area (Å²) >= 11 is 0. The number of rotatable bonds is 7. The summed E-state index contributed by atoms with van der Waals surface area (Å²) in [6, 6.07) is 18.5. The van der Waals surface area contributed by atoms with Crippen LogP contribution in [0.25, 0.3) is 11.1 Å². The van der Waals surface area contributed by atoms with Gasteiger partial charge in [-0.15, -0.1) is 0 Å². The molecule has 2 aliphatic rings. The number of ether oxygens (including phenoxy) is 1. The first-order chi connectivity index (χ1) is 15.7. The highest BCUT2D eigenvalue weighted by Gasteiger charge is 2.23. The van der Waals surface area contributed by atoms with E-state index in [4.69, 9.17) is 4.74 Å². The molecule has 0 spiro atoms. The lowest BCUT2D eigenvalue weighted by molar-refractivity contribution is -0.124.